The minimum atomic E-state index is -3.99. The molecule has 0 radical (unpaired) electrons. The van der Waals surface area contributed by atoms with E-state index in [1.54, 1.807) is 12.1 Å². The average Bonchev–Trinajstić information content (AvgIpc) is 3.08. The van der Waals surface area contributed by atoms with Crippen molar-refractivity contribution in [3.8, 4) is 5.75 Å². The minimum Gasteiger partial charge on any atom is -0.497 e. The maximum atomic E-state index is 12.9. The number of amides is 3. The Morgan fingerprint density at radius 2 is 1.56 bits per heavy atom. The van der Waals surface area contributed by atoms with Crippen LogP contribution in [0.5, 0.6) is 5.75 Å². The van der Waals surface area contributed by atoms with Crippen LogP contribution >= 0.6 is 0 Å². The maximum absolute atomic E-state index is 12.9. The van der Waals surface area contributed by atoms with Gasteiger partial charge in [-0.3, -0.25) is 24.4 Å². The molecule has 1 aliphatic heterocycles. The summed E-state index contributed by atoms with van der Waals surface area (Å²) in [7, 11) is -2.52. The summed E-state index contributed by atoms with van der Waals surface area (Å²) in [6, 6.07) is 16.3. The number of benzene rings is 3. The molecule has 0 aliphatic carbocycles. The van der Waals surface area contributed by atoms with Crippen molar-refractivity contribution in [1.82, 2.24) is 5.32 Å². The molecule has 9 nitrogen and oxygen atoms in total. The van der Waals surface area contributed by atoms with Crippen LogP contribution in [0.3, 0.4) is 0 Å². The molecule has 0 saturated carbocycles. The van der Waals surface area contributed by atoms with Gasteiger partial charge in [0, 0.05) is 0 Å². The highest BCUT2D eigenvalue weighted by Gasteiger charge is 2.30. The number of carbonyl (C=O) groups excluding carboxylic acids is 3. The number of imide groups is 1. The van der Waals surface area contributed by atoms with Crippen molar-refractivity contribution >= 4 is 39.1 Å². The van der Waals surface area contributed by atoms with Gasteiger partial charge in [0.15, 0.2) is 0 Å². The highest BCUT2D eigenvalue weighted by atomic mass is 32.2. The van der Waals surface area contributed by atoms with Crippen LogP contribution in [0.25, 0.3) is 0 Å². The lowest BCUT2D eigenvalue weighted by molar-refractivity contribution is 0.0879. The average molecular weight is 451 g/mol. The van der Waals surface area contributed by atoms with Crippen LogP contribution in [0.4, 0.5) is 11.4 Å². The summed E-state index contributed by atoms with van der Waals surface area (Å²) in [5, 5.41) is 4.76. The van der Waals surface area contributed by atoms with Crippen molar-refractivity contribution < 1.29 is 27.5 Å². The third kappa shape index (κ3) is 3.91. The Labute approximate surface area is 183 Å². The van der Waals surface area contributed by atoms with Crippen molar-refractivity contribution in [3.05, 3.63) is 83.4 Å². The molecule has 3 amide bonds. The summed E-state index contributed by atoms with van der Waals surface area (Å²) in [5.41, 5.74) is 0.438. The summed E-state index contributed by atoms with van der Waals surface area (Å²) in [6.07, 6.45) is 0. The summed E-state index contributed by atoms with van der Waals surface area (Å²) < 4.78 is 33.0. The van der Waals surface area contributed by atoms with E-state index in [2.05, 4.69) is 15.4 Å². The van der Waals surface area contributed by atoms with E-state index in [1.165, 1.54) is 61.7 Å². The first kappa shape index (κ1) is 21.1. The van der Waals surface area contributed by atoms with Gasteiger partial charge in [0.1, 0.15) is 5.75 Å². The van der Waals surface area contributed by atoms with E-state index in [-0.39, 0.29) is 33.0 Å². The molecule has 0 bridgehead atoms. The molecule has 0 saturated heterocycles. The minimum absolute atomic E-state index is 0.00965. The van der Waals surface area contributed by atoms with Gasteiger partial charge in [-0.25, -0.2) is 8.42 Å². The number of nitrogens with one attached hydrogen (secondary N) is 3. The van der Waals surface area contributed by atoms with Gasteiger partial charge in [-0.15, -0.1) is 0 Å². The smallest absolute Gasteiger partial charge is 0.261 e. The second-order valence-electron chi connectivity index (χ2n) is 6.79. The Bertz CT molecular complexity index is 1350. The lowest BCUT2D eigenvalue weighted by Gasteiger charge is -2.14. The third-order valence-corrected chi connectivity index (χ3v) is 6.18. The summed E-state index contributed by atoms with van der Waals surface area (Å²) in [5.74, 6) is -1.32. The molecule has 10 heteroatoms. The quantitative estimate of drug-likeness (QED) is 0.494. The Balaban J connectivity index is 1.62. The molecule has 0 aromatic heterocycles. The van der Waals surface area contributed by atoms with Crippen LogP contribution in [0.1, 0.15) is 31.1 Å². The molecule has 0 spiro atoms. The summed E-state index contributed by atoms with van der Waals surface area (Å²) in [6.45, 7) is 0. The van der Waals surface area contributed by atoms with Gasteiger partial charge in [0.05, 0.1) is 40.1 Å². The molecule has 0 unspecified atom stereocenters. The molecular weight excluding hydrogens is 434 g/mol. The zero-order chi connectivity index (χ0) is 22.9. The van der Waals surface area contributed by atoms with E-state index in [9.17, 15) is 22.8 Å². The highest BCUT2D eigenvalue weighted by molar-refractivity contribution is 7.92. The molecule has 3 aromatic rings. The number of methoxy groups -OCH3 is 1. The second-order valence-corrected chi connectivity index (χ2v) is 8.47. The lowest BCUT2D eigenvalue weighted by atomic mass is 10.1. The molecule has 3 N–H and O–H groups in total. The van der Waals surface area contributed by atoms with Crippen molar-refractivity contribution in [2.45, 2.75) is 4.90 Å². The maximum Gasteiger partial charge on any atom is 0.261 e. The molecule has 4 rings (SSSR count). The predicted octanol–water partition coefficient (Wildman–Crippen LogP) is 2.63. The Morgan fingerprint density at radius 1 is 0.875 bits per heavy atom. The van der Waals surface area contributed by atoms with Gasteiger partial charge in [-0.1, -0.05) is 18.2 Å². The van der Waals surface area contributed by atoms with Crippen LogP contribution in [0.2, 0.25) is 0 Å². The normalized spacial score (nSPS) is 12.7. The monoisotopic (exact) mass is 451 g/mol. The number of carbonyl (C=O) groups is 3. The van der Waals surface area contributed by atoms with E-state index in [4.69, 9.17) is 4.74 Å². The predicted molar refractivity (Wildman–Crippen MR) is 116 cm³/mol. The van der Waals surface area contributed by atoms with Crippen molar-refractivity contribution in [2.75, 3.05) is 17.1 Å². The third-order valence-electron chi connectivity index (χ3n) is 4.80. The highest BCUT2D eigenvalue weighted by Crippen LogP contribution is 2.27. The lowest BCUT2D eigenvalue weighted by Crippen LogP contribution is -2.21. The van der Waals surface area contributed by atoms with Crippen molar-refractivity contribution in [2.24, 2.45) is 0 Å². The standard InChI is InChI=1S/C22H17N3O6S/c1-31-13-9-11-14(12-10-13)32(29,30)25-17-7-3-2-5-15(17)20(26)23-18-8-4-6-16-19(18)22(28)24-21(16)27/h2-12,25H,1H3,(H,23,26)(H,24,27,28). The van der Waals surface area contributed by atoms with E-state index in [0.29, 0.717) is 5.75 Å². The number of rotatable bonds is 6. The zero-order valence-electron chi connectivity index (χ0n) is 16.7. The molecule has 1 heterocycles. The molecule has 1 aliphatic rings. The number of hydrogen-bond donors (Lipinski definition) is 3. The van der Waals surface area contributed by atoms with E-state index in [1.807, 2.05) is 0 Å². The zero-order valence-corrected chi connectivity index (χ0v) is 17.5. The molecule has 0 fully saturated rings. The van der Waals surface area contributed by atoms with Gasteiger partial charge in [0.2, 0.25) is 0 Å². The fraction of sp³-hybridized carbons (Fsp3) is 0.0455. The number of para-hydroxylation sites is 1. The first-order valence-electron chi connectivity index (χ1n) is 9.36. The van der Waals surface area contributed by atoms with Crippen molar-refractivity contribution in [3.63, 3.8) is 0 Å². The van der Waals surface area contributed by atoms with Crippen molar-refractivity contribution in [1.29, 1.82) is 0 Å². The van der Waals surface area contributed by atoms with Gasteiger partial charge < -0.3 is 10.1 Å². The van der Waals surface area contributed by atoms with Crippen LogP contribution in [-0.4, -0.2) is 33.2 Å². The van der Waals surface area contributed by atoms with Gasteiger partial charge in [-0.2, -0.15) is 0 Å². The fourth-order valence-corrected chi connectivity index (χ4v) is 4.32. The number of fused-ring (bicyclic) bond motifs is 1. The van der Waals surface area contributed by atoms with E-state index >= 15 is 0 Å². The molecule has 0 atom stereocenters. The molecular formula is C22H17N3O6S. The van der Waals surface area contributed by atoms with Crippen LogP contribution < -0.4 is 20.1 Å². The number of sulfonamides is 1. The van der Waals surface area contributed by atoms with Gasteiger partial charge in [0.25, 0.3) is 27.7 Å². The van der Waals surface area contributed by atoms with E-state index in [0.717, 1.165) is 0 Å². The van der Waals surface area contributed by atoms with Gasteiger partial charge in [-0.05, 0) is 48.5 Å². The molecule has 32 heavy (non-hydrogen) atoms. The Kier molecular flexibility index (Phi) is 5.37. The number of ether oxygens (including phenoxy) is 1. The fourth-order valence-electron chi connectivity index (χ4n) is 3.24. The summed E-state index contributed by atoms with van der Waals surface area (Å²) >= 11 is 0. The first-order chi connectivity index (χ1) is 15.3. The SMILES string of the molecule is COc1ccc(S(=O)(=O)Nc2ccccc2C(=O)Nc2cccc3c2C(=O)NC3=O)cc1. The first-order valence-corrected chi connectivity index (χ1v) is 10.8. The van der Waals surface area contributed by atoms with E-state index < -0.39 is 27.7 Å². The number of hydrogen-bond acceptors (Lipinski definition) is 6. The largest absolute Gasteiger partial charge is 0.497 e. The summed E-state index contributed by atoms with van der Waals surface area (Å²) in [4.78, 5) is 36.9. The number of anilines is 2. The van der Waals surface area contributed by atoms with Crippen LogP contribution in [0, 0.1) is 0 Å². The van der Waals surface area contributed by atoms with Crippen LogP contribution in [-0.2, 0) is 10.0 Å². The van der Waals surface area contributed by atoms with Gasteiger partial charge >= 0.3 is 0 Å². The Hall–Kier alpha value is -4.18. The molecule has 162 valence electrons. The second kappa shape index (κ2) is 8.16. The molecule has 3 aromatic carbocycles. The Morgan fingerprint density at radius 3 is 2.28 bits per heavy atom. The topological polar surface area (TPSA) is 131 Å². The van der Waals surface area contributed by atoms with Crippen LogP contribution in [0.15, 0.2) is 71.6 Å².